The summed E-state index contributed by atoms with van der Waals surface area (Å²) < 4.78 is 1.02. The number of hydrogen-bond donors (Lipinski definition) is 1. The fourth-order valence-corrected chi connectivity index (χ4v) is 5.28. The van der Waals surface area contributed by atoms with Crippen LogP contribution < -0.4 is 10.6 Å². The Balaban J connectivity index is 1.86. The zero-order valence-corrected chi connectivity index (χ0v) is 20.5. The number of nitrogens with two attached hydrogens (primary N) is 1. The number of fused-ring (bicyclic) bond motifs is 1. The van der Waals surface area contributed by atoms with Gasteiger partial charge in [0.25, 0.3) is 0 Å². The van der Waals surface area contributed by atoms with Crippen LogP contribution in [0.1, 0.15) is 43.6 Å². The minimum atomic E-state index is 0.396. The molecule has 168 valence electrons. The second-order valence-corrected chi connectivity index (χ2v) is 9.77. The molecule has 3 heterocycles. The number of hydrogen-bond acceptors (Lipinski definition) is 6. The van der Waals surface area contributed by atoms with Gasteiger partial charge in [0, 0.05) is 35.9 Å². The van der Waals surface area contributed by atoms with E-state index in [4.69, 9.17) is 10.7 Å². The Morgan fingerprint density at radius 2 is 1.79 bits per heavy atom. The predicted octanol–water partition coefficient (Wildman–Crippen LogP) is 6.21. The number of anilines is 2. The van der Waals surface area contributed by atoms with E-state index >= 15 is 0 Å². The zero-order valence-electron chi connectivity index (χ0n) is 18.9. The van der Waals surface area contributed by atoms with Gasteiger partial charge in [0.15, 0.2) is 5.65 Å². The van der Waals surface area contributed by atoms with Gasteiger partial charge in [0.1, 0.15) is 18.0 Å². The van der Waals surface area contributed by atoms with Crippen LogP contribution in [-0.2, 0) is 0 Å². The molecule has 0 amide bonds. The molecule has 0 spiro atoms. The largest absolute Gasteiger partial charge is 0.383 e. The second-order valence-electron chi connectivity index (χ2n) is 8.85. The molecule has 0 radical (unpaired) electrons. The summed E-state index contributed by atoms with van der Waals surface area (Å²) in [4.78, 5) is 20.6. The molecule has 1 aliphatic carbocycles. The van der Waals surface area contributed by atoms with Gasteiger partial charge in [0.2, 0.25) is 0 Å². The summed E-state index contributed by atoms with van der Waals surface area (Å²) in [5, 5.41) is 0.831. The molecule has 2 N–H and O–H groups in total. The second kappa shape index (κ2) is 9.06. The molecule has 0 atom stereocenters. The van der Waals surface area contributed by atoms with Crippen molar-refractivity contribution < 1.29 is 0 Å². The van der Waals surface area contributed by atoms with Gasteiger partial charge in [-0.05, 0) is 54.2 Å². The van der Waals surface area contributed by atoms with Crippen LogP contribution in [0.3, 0.4) is 0 Å². The lowest BCUT2D eigenvalue weighted by atomic mass is 9.78. The van der Waals surface area contributed by atoms with Gasteiger partial charge >= 0.3 is 0 Å². The van der Waals surface area contributed by atoms with Crippen molar-refractivity contribution in [2.24, 2.45) is 0 Å². The average Bonchev–Trinajstić information content (AvgIpc) is 2.83. The van der Waals surface area contributed by atoms with Gasteiger partial charge in [-0.3, -0.25) is 0 Å². The van der Waals surface area contributed by atoms with Crippen molar-refractivity contribution in [3.63, 3.8) is 0 Å². The summed E-state index contributed by atoms with van der Waals surface area (Å²) in [6, 6.07) is 12.5. The highest BCUT2D eigenvalue weighted by molar-refractivity contribution is 9.10. The first-order chi connectivity index (χ1) is 16.0. The van der Waals surface area contributed by atoms with E-state index in [1.165, 1.54) is 31.2 Å². The van der Waals surface area contributed by atoms with Crippen LogP contribution >= 0.6 is 15.9 Å². The Morgan fingerprint density at radius 3 is 2.48 bits per heavy atom. The lowest BCUT2D eigenvalue weighted by Crippen LogP contribution is -2.12. The van der Waals surface area contributed by atoms with Crippen LogP contribution in [-0.4, -0.2) is 34.0 Å². The van der Waals surface area contributed by atoms with E-state index in [-0.39, 0.29) is 0 Å². The highest BCUT2D eigenvalue weighted by atomic mass is 79.9. The molecule has 3 aromatic heterocycles. The van der Waals surface area contributed by atoms with E-state index in [9.17, 15) is 0 Å². The molecule has 7 heteroatoms. The number of aromatic nitrogens is 4. The van der Waals surface area contributed by atoms with Crippen LogP contribution in [0.15, 0.2) is 53.4 Å². The minimum absolute atomic E-state index is 0.396. The van der Waals surface area contributed by atoms with Gasteiger partial charge < -0.3 is 10.6 Å². The maximum atomic E-state index is 6.45. The number of nitrogens with zero attached hydrogens (tertiary/aromatic N) is 5. The van der Waals surface area contributed by atoms with Crippen LogP contribution in [0.25, 0.3) is 33.4 Å². The zero-order chi connectivity index (χ0) is 22.9. The SMILES string of the molecule is CN(C)c1ccc(-c2nc3ncnc(N)c3c(-c3cccc(Br)c3)c2C2CCCCC2)cn1. The van der Waals surface area contributed by atoms with E-state index in [1.54, 1.807) is 0 Å². The Morgan fingerprint density at radius 1 is 0.970 bits per heavy atom. The van der Waals surface area contributed by atoms with Gasteiger partial charge in [-0.2, -0.15) is 0 Å². The van der Waals surface area contributed by atoms with E-state index in [1.807, 2.05) is 37.3 Å². The number of benzene rings is 1. The molecule has 5 rings (SSSR count). The lowest BCUT2D eigenvalue weighted by Gasteiger charge is -2.28. The maximum Gasteiger partial charge on any atom is 0.165 e. The van der Waals surface area contributed by atoms with Crippen molar-refractivity contribution in [2.45, 2.75) is 38.0 Å². The Kier molecular flexibility index (Phi) is 5.98. The highest BCUT2D eigenvalue weighted by Crippen LogP contribution is 2.46. The van der Waals surface area contributed by atoms with Gasteiger partial charge in [-0.1, -0.05) is 47.3 Å². The minimum Gasteiger partial charge on any atom is -0.383 e. The van der Waals surface area contributed by atoms with Gasteiger partial charge in [-0.15, -0.1) is 0 Å². The van der Waals surface area contributed by atoms with Crippen molar-refractivity contribution >= 4 is 38.6 Å². The monoisotopic (exact) mass is 502 g/mol. The third-order valence-corrected chi connectivity index (χ3v) is 6.95. The van der Waals surface area contributed by atoms with Crippen molar-refractivity contribution in [2.75, 3.05) is 24.7 Å². The molecule has 0 bridgehead atoms. The molecule has 4 aromatic rings. The topological polar surface area (TPSA) is 80.8 Å². The quantitative estimate of drug-likeness (QED) is 0.357. The maximum absolute atomic E-state index is 6.45. The molecule has 1 fully saturated rings. The first-order valence-corrected chi connectivity index (χ1v) is 12.2. The van der Waals surface area contributed by atoms with Crippen molar-refractivity contribution in [1.29, 1.82) is 0 Å². The molecular weight excluding hydrogens is 476 g/mol. The van der Waals surface area contributed by atoms with E-state index in [2.05, 4.69) is 55.1 Å². The molecule has 1 saturated carbocycles. The van der Waals surface area contributed by atoms with Crippen molar-refractivity contribution in [1.82, 2.24) is 19.9 Å². The van der Waals surface area contributed by atoms with Crippen molar-refractivity contribution in [3.8, 4) is 22.4 Å². The average molecular weight is 503 g/mol. The standard InChI is InChI=1S/C26H27BrN6/c1-33(2)20-12-11-18(14-29-20)24-22(16-7-4-3-5-8-16)21(17-9-6-10-19(27)13-17)23-25(28)30-15-31-26(23)32-24/h6,9-16H,3-5,7-8H2,1-2H3,(H2,28,30,31,32). The summed E-state index contributed by atoms with van der Waals surface area (Å²) in [6.07, 6.45) is 9.41. The summed E-state index contributed by atoms with van der Waals surface area (Å²) >= 11 is 3.65. The van der Waals surface area contributed by atoms with E-state index in [0.717, 1.165) is 50.9 Å². The predicted molar refractivity (Wildman–Crippen MR) is 138 cm³/mol. The number of pyridine rings is 2. The molecule has 0 unspecified atom stereocenters. The van der Waals surface area contributed by atoms with Crippen LogP contribution in [0.2, 0.25) is 0 Å². The van der Waals surface area contributed by atoms with Crippen LogP contribution in [0.4, 0.5) is 11.6 Å². The third-order valence-electron chi connectivity index (χ3n) is 6.45. The number of rotatable bonds is 4. The lowest BCUT2D eigenvalue weighted by molar-refractivity contribution is 0.444. The van der Waals surface area contributed by atoms with Crippen LogP contribution in [0, 0.1) is 0 Å². The molecule has 33 heavy (non-hydrogen) atoms. The smallest absolute Gasteiger partial charge is 0.165 e. The Hall–Kier alpha value is -3.06. The molecule has 1 aliphatic rings. The normalized spacial score (nSPS) is 14.5. The molecule has 0 aliphatic heterocycles. The summed E-state index contributed by atoms with van der Waals surface area (Å²) in [5.41, 5.74) is 12.4. The van der Waals surface area contributed by atoms with E-state index < -0.39 is 0 Å². The first kappa shape index (κ1) is 21.8. The third kappa shape index (κ3) is 4.17. The molecule has 0 saturated heterocycles. The fourth-order valence-electron chi connectivity index (χ4n) is 4.88. The van der Waals surface area contributed by atoms with Gasteiger partial charge in [0.05, 0.1) is 11.1 Å². The van der Waals surface area contributed by atoms with Crippen LogP contribution in [0.5, 0.6) is 0 Å². The van der Waals surface area contributed by atoms with E-state index in [0.29, 0.717) is 17.4 Å². The van der Waals surface area contributed by atoms with Crippen molar-refractivity contribution in [3.05, 3.63) is 59.0 Å². The molecule has 1 aromatic carbocycles. The summed E-state index contributed by atoms with van der Waals surface area (Å²) in [5.74, 6) is 1.78. The fraction of sp³-hybridized carbons (Fsp3) is 0.308. The Bertz CT molecular complexity index is 1300. The Labute approximate surface area is 202 Å². The van der Waals surface area contributed by atoms with Gasteiger partial charge in [-0.25, -0.2) is 19.9 Å². The molecular formula is C26H27BrN6. The highest BCUT2D eigenvalue weighted by Gasteiger charge is 2.28. The first-order valence-electron chi connectivity index (χ1n) is 11.4. The number of nitrogen functional groups attached to an aromatic ring is 1. The number of halogens is 1. The summed E-state index contributed by atoms with van der Waals surface area (Å²) in [6.45, 7) is 0. The molecule has 6 nitrogen and oxygen atoms in total. The summed E-state index contributed by atoms with van der Waals surface area (Å²) in [7, 11) is 3.99.